The number of halogens is 5. The number of rotatable bonds is 8. The third-order valence-corrected chi connectivity index (χ3v) is 8.25. The summed E-state index contributed by atoms with van der Waals surface area (Å²) in [5.74, 6) is -0.536. The molecule has 0 unspecified atom stereocenters. The first-order chi connectivity index (χ1) is 21.0. The van der Waals surface area contributed by atoms with Crippen molar-refractivity contribution < 1.29 is 32.2 Å². The summed E-state index contributed by atoms with van der Waals surface area (Å²) in [5, 5.41) is 0.325. The Labute approximate surface area is 266 Å². The van der Waals surface area contributed by atoms with Gasteiger partial charge in [0, 0.05) is 15.1 Å². The Bertz CT molecular complexity index is 1920. The zero-order valence-corrected chi connectivity index (χ0v) is 26.3. The molecule has 0 radical (unpaired) electrons. The van der Waals surface area contributed by atoms with E-state index in [1.54, 1.807) is 12.1 Å². The van der Waals surface area contributed by atoms with Gasteiger partial charge in [-0.1, -0.05) is 81.3 Å². The van der Waals surface area contributed by atoms with Gasteiger partial charge in [-0.15, -0.1) is 0 Å². The molecule has 0 amide bonds. The molecule has 2 heterocycles. The maximum atomic E-state index is 14.4. The fraction of sp³-hybridized carbons (Fsp3) is 0.194. The van der Waals surface area contributed by atoms with E-state index in [-0.39, 0.29) is 28.1 Å². The molecule has 228 valence electrons. The lowest BCUT2D eigenvalue weighted by atomic mass is 9.95. The molecule has 0 aliphatic carbocycles. The monoisotopic (exact) mass is 706 g/mol. The molecule has 44 heavy (non-hydrogen) atoms. The van der Waals surface area contributed by atoms with Gasteiger partial charge in [0.25, 0.3) is 5.56 Å². The van der Waals surface area contributed by atoms with Gasteiger partial charge >= 0.3 is 12.1 Å². The molecule has 5 rings (SSSR count). The molecular weight excluding hydrogens is 685 g/mol. The molecular formula is C31H23BrClF3N2O5S. The van der Waals surface area contributed by atoms with Crippen LogP contribution in [0, 0.1) is 0 Å². The van der Waals surface area contributed by atoms with E-state index >= 15 is 0 Å². The number of nitrogens with zero attached hydrogens (tertiary/aromatic N) is 2. The molecule has 1 aliphatic heterocycles. The van der Waals surface area contributed by atoms with Gasteiger partial charge in [0.2, 0.25) is 0 Å². The van der Waals surface area contributed by atoms with E-state index in [4.69, 9.17) is 25.8 Å². The Hall–Kier alpha value is -3.87. The molecule has 4 aromatic rings. The SMILES string of the molecule is CCOC(=O)C1=C(C(F)(F)F)N=c2s/c(=C\c3cc(Br)cc(OC)c3OCc3ccccc3)c(=O)n2[C@H]1c1ccc(Cl)cc1. The lowest BCUT2D eigenvalue weighted by Crippen LogP contribution is -2.41. The number of alkyl halides is 3. The van der Waals surface area contributed by atoms with E-state index in [2.05, 4.69) is 20.9 Å². The topological polar surface area (TPSA) is 79.1 Å². The van der Waals surface area contributed by atoms with Crippen LogP contribution in [0.15, 0.2) is 92.3 Å². The summed E-state index contributed by atoms with van der Waals surface area (Å²) in [6.07, 6.45) is -3.52. The standard InChI is InChI=1S/C31H23BrClF3N2O5S/c1-3-42-29(40)24-25(18-9-11-21(33)12-10-18)38-28(39)23(44-30(38)37-27(24)31(34,35)36)14-19-13-20(32)15-22(41-2)26(19)43-16-17-7-5-4-6-8-17/h4-15,25H,3,16H2,1-2H3/b23-14-/t25-/m0/s1. The molecule has 1 aromatic heterocycles. The number of esters is 1. The molecule has 0 N–H and O–H groups in total. The highest BCUT2D eigenvalue weighted by Gasteiger charge is 2.45. The van der Waals surface area contributed by atoms with Gasteiger partial charge < -0.3 is 14.2 Å². The van der Waals surface area contributed by atoms with Crippen LogP contribution in [0.5, 0.6) is 11.5 Å². The van der Waals surface area contributed by atoms with E-state index in [1.807, 2.05) is 30.3 Å². The van der Waals surface area contributed by atoms with E-state index < -0.39 is 35.0 Å². The minimum absolute atomic E-state index is 0.0547. The minimum atomic E-state index is -5.02. The van der Waals surface area contributed by atoms with Crippen LogP contribution < -0.4 is 24.4 Å². The number of carbonyl (C=O) groups excluding carboxylic acids is 1. The Morgan fingerprint density at radius 2 is 1.84 bits per heavy atom. The molecule has 13 heteroatoms. The zero-order valence-electron chi connectivity index (χ0n) is 23.2. The summed E-state index contributed by atoms with van der Waals surface area (Å²) in [5.41, 5.74) is -1.35. The first kappa shape index (κ1) is 31.6. The summed E-state index contributed by atoms with van der Waals surface area (Å²) in [7, 11) is 1.47. The third kappa shape index (κ3) is 6.47. The third-order valence-electron chi connectivity index (χ3n) is 6.56. The Morgan fingerprint density at radius 1 is 1.14 bits per heavy atom. The normalized spacial score (nSPS) is 15.1. The van der Waals surface area contributed by atoms with Crippen molar-refractivity contribution in [3.05, 3.63) is 124 Å². The van der Waals surface area contributed by atoms with Crippen molar-refractivity contribution in [3.63, 3.8) is 0 Å². The number of methoxy groups -OCH3 is 1. The quantitative estimate of drug-likeness (QED) is 0.200. The summed E-state index contributed by atoms with van der Waals surface area (Å²) in [6.45, 7) is 1.49. The van der Waals surface area contributed by atoms with Gasteiger partial charge in [-0.2, -0.15) is 13.2 Å². The fourth-order valence-corrected chi connectivity index (χ4v) is 6.25. The molecule has 0 saturated heterocycles. The predicted molar refractivity (Wildman–Crippen MR) is 164 cm³/mol. The van der Waals surface area contributed by atoms with E-state index in [0.717, 1.165) is 21.5 Å². The lowest BCUT2D eigenvalue weighted by molar-refractivity contribution is -0.140. The van der Waals surface area contributed by atoms with Gasteiger partial charge in [-0.25, -0.2) is 9.79 Å². The Morgan fingerprint density at radius 3 is 2.48 bits per heavy atom. The number of thiazole rings is 1. The number of aromatic nitrogens is 1. The van der Waals surface area contributed by atoms with Crippen LogP contribution >= 0.6 is 38.9 Å². The van der Waals surface area contributed by atoms with Gasteiger partial charge in [0.1, 0.15) is 6.61 Å². The second-order valence-electron chi connectivity index (χ2n) is 9.42. The highest BCUT2D eigenvalue weighted by Crippen LogP contribution is 2.39. The van der Waals surface area contributed by atoms with Crippen LogP contribution in [0.2, 0.25) is 5.02 Å². The van der Waals surface area contributed by atoms with Crippen molar-refractivity contribution in [1.29, 1.82) is 0 Å². The second kappa shape index (κ2) is 13.0. The van der Waals surface area contributed by atoms with E-state index in [9.17, 15) is 22.8 Å². The highest BCUT2D eigenvalue weighted by molar-refractivity contribution is 9.10. The predicted octanol–water partition coefficient (Wildman–Crippen LogP) is 6.34. The number of ether oxygens (including phenoxy) is 3. The van der Waals surface area contributed by atoms with Crippen LogP contribution in [0.4, 0.5) is 13.2 Å². The summed E-state index contributed by atoms with van der Waals surface area (Å²) < 4.78 is 61.6. The maximum Gasteiger partial charge on any atom is 0.434 e. The maximum absolute atomic E-state index is 14.4. The van der Waals surface area contributed by atoms with Gasteiger partial charge in [-0.05, 0) is 48.4 Å². The largest absolute Gasteiger partial charge is 0.493 e. The summed E-state index contributed by atoms with van der Waals surface area (Å²) in [4.78, 5) is 30.6. The second-order valence-corrected chi connectivity index (χ2v) is 11.8. The first-order valence-electron chi connectivity index (χ1n) is 13.1. The summed E-state index contributed by atoms with van der Waals surface area (Å²) >= 11 is 10.2. The molecule has 3 aromatic carbocycles. The number of allylic oxidation sites excluding steroid dienone is 1. The van der Waals surface area contributed by atoms with Crippen LogP contribution in [0.3, 0.4) is 0 Å². The van der Waals surface area contributed by atoms with Crippen molar-refractivity contribution in [2.24, 2.45) is 4.99 Å². The van der Waals surface area contributed by atoms with Crippen molar-refractivity contribution in [1.82, 2.24) is 4.57 Å². The number of hydrogen-bond donors (Lipinski definition) is 0. The molecule has 0 spiro atoms. The van der Waals surface area contributed by atoms with Crippen LogP contribution in [-0.2, 0) is 16.1 Å². The van der Waals surface area contributed by atoms with Crippen LogP contribution in [-0.4, -0.2) is 30.4 Å². The fourth-order valence-electron chi connectivity index (χ4n) is 4.67. The molecule has 0 saturated carbocycles. The summed E-state index contributed by atoms with van der Waals surface area (Å²) in [6, 6.07) is 17.2. The first-order valence-corrected chi connectivity index (χ1v) is 15.1. The lowest BCUT2D eigenvalue weighted by Gasteiger charge is -2.26. The van der Waals surface area contributed by atoms with E-state index in [0.29, 0.717) is 26.6 Å². The zero-order chi connectivity index (χ0) is 31.6. The van der Waals surface area contributed by atoms with Crippen LogP contribution in [0.25, 0.3) is 6.08 Å². The average molecular weight is 708 g/mol. The number of fused-ring (bicyclic) bond motifs is 1. The number of benzene rings is 3. The van der Waals surface area contributed by atoms with E-state index in [1.165, 1.54) is 44.4 Å². The molecule has 0 bridgehead atoms. The van der Waals surface area contributed by atoms with Crippen molar-refractivity contribution in [3.8, 4) is 11.5 Å². The Balaban J connectivity index is 1.74. The molecule has 1 atom stereocenters. The number of carbonyl (C=O) groups is 1. The number of hydrogen-bond acceptors (Lipinski definition) is 7. The van der Waals surface area contributed by atoms with Crippen molar-refractivity contribution >= 4 is 50.9 Å². The smallest absolute Gasteiger partial charge is 0.434 e. The Kier molecular flexibility index (Phi) is 9.33. The highest BCUT2D eigenvalue weighted by atomic mass is 79.9. The molecule has 1 aliphatic rings. The van der Waals surface area contributed by atoms with Crippen molar-refractivity contribution in [2.45, 2.75) is 25.7 Å². The molecule has 7 nitrogen and oxygen atoms in total. The van der Waals surface area contributed by atoms with Gasteiger partial charge in [0.05, 0.1) is 29.9 Å². The van der Waals surface area contributed by atoms with Gasteiger partial charge in [-0.3, -0.25) is 9.36 Å². The van der Waals surface area contributed by atoms with Crippen molar-refractivity contribution in [2.75, 3.05) is 13.7 Å². The van der Waals surface area contributed by atoms with Gasteiger partial charge in [0.15, 0.2) is 22.0 Å². The average Bonchev–Trinajstić information content (AvgIpc) is 3.30. The van der Waals surface area contributed by atoms with Crippen LogP contribution in [0.1, 0.15) is 29.7 Å². The minimum Gasteiger partial charge on any atom is -0.493 e. The molecule has 0 fully saturated rings.